The Morgan fingerprint density at radius 3 is 2.83 bits per heavy atom. The van der Waals surface area contributed by atoms with Crippen LogP contribution in [-0.2, 0) is 4.79 Å². The standard InChI is InChI=1S/C18H25FN2O3/c1-20(14-6-2-3-7-14)12-18(23)21-10-16(22)17(11-21)24-15-8-4-5-13(19)9-15/h4-5,8-9,14,16-17,22H,2-3,6-7,10-12H2,1H3/t16-,17-/m1/s1. The molecule has 5 nitrogen and oxygen atoms in total. The van der Waals surface area contributed by atoms with Gasteiger partial charge in [-0.05, 0) is 32.0 Å². The van der Waals surface area contributed by atoms with E-state index in [1.165, 1.54) is 25.0 Å². The lowest BCUT2D eigenvalue weighted by Gasteiger charge is -2.26. The largest absolute Gasteiger partial charge is 0.486 e. The fourth-order valence-electron chi connectivity index (χ4n) is 3.58. The lowest BCUT2D eigenvalue weighted by molar-refractivity contribution is -0.132. The van der Waals surface area contributed by atoms with Gasteiger partial charge in [0.2, 0.25) is 5.91 Å². The van der Waals surface area contributed by atoms with Gasteiger partial charge >= 0.3 is 0 Å². The van der Waals surface area contributed by atoms with Crippen molar-refractivity contribution >= 4 is 5.91 Å². The summed E-state index contributed by atoms with van der Waals surface area (Å²) in [6, 6.07) is 6.32. The molecule has 1 saturated heterocycles. The van der Waals surface area contributed by atoms with Crippen LogP contribution >= 0.6 is 0 Å². The Morgan fingerprint density at radius 1 is 1.38 bits per heavy atom. The highest BCUT2D eigenvalue weighted by Crippen LogP contribution is 2.23. The number of amides is 1. The third kappa shape index (κ3) is 4.05. The van der Waals surface area contributed by atoms with Crippen molar-refractivity contribution in [1.29, 1.82) is 0 Å². The summed E-state index contributed by atoms with van der Waals surface area (Å²) >= 11 is 0. The number of aliphatic hydroxyl groups is 1. The normalized spacial score (nSPS) is 24.8. The molecule has 2 aliphatic rings. The van der Waals surface area contributed by atoms with E-state index in [1.807, 2.05) is 7.05 Å². The van der Waals surface area contributed by atoms with E-state index in [2.05, 4.69) is 4.90 Å². The number of likely N-dealkylation sites (tertiary alicyclic amines) is 1. The second kappa shape index (κ2) is 7.49. The number of nitrogens with zero attached hydrogens (tertiary/aromatic N) is 2. The summed E-state index contributed by atoms with van der Waals surface area (Å²) in [4.78, 5) is 16.2. The van der Waals surface area contributed by atoms with Crippen LogP contribution in [0.25, 0.3) is 0 Å². The van der Waals surface area contributed by atoms with Gasteiger partial charge in [0, 0.05) is 12.1 Å². The molecule has 6 heteroatoms. The molecular formula is C18H25FN2O3. The maximum Gasteiger partial charge on any atom is 0.236 e. The Morgan fingerprint density at radius 2 is 2.12 bits per heavy atom. The zero-order valence-corrected chi connectivity index (χ0v) is 14.0. The highest BCUT2D eigenvalue weighted by Gasteiger charge is 2.36. The molecule has 1 aliphatic carbocycles. The second-order valence-electron chi connectivity index (χ2n) is 6.83. The Balaban J connectivity index is 1.53. The van der Waals surface area contributed by atoms with Crippen molar-refractivity contribution in [2.24, 2.45) is 0 Å². The van der Waals surface area contributed by atoms with Crippen LogP contribution in [0.15, 0.2) is 24.3 Å². The number of ether oxygens (including phenoxy) is 1. The van der Waals surface area contributed by atoms with Crippen LogP contribution in [0.4, 0.5) is 4.39 Å². The minimum absolute atomic E-state index is 0.00814. The molecule has 1 saturated carbocycles. The molecule has 1 amide bonds. The van der Waals surface area contributed by atoms with E-state index >= 15 is 0 Å². The van der Waals surface area contributed by atoms with Crippen LogP contribution < -0.4 is 4.74 Å². The third-order valence-corrected chi connectivity index (χ3v) is 5.01. The van der Waals surface area contributed by atoms with E-state index in [0.717, 1.165) is 12.8 Å². The average molecular weight is 336 g/mol. The summed E-state index contributed by atoms with van der Waals surface area (Å²) < 4.78 is 18.9. The highest BCUT2D eigenvalue weighted by atomic mass is 19.1. The number of aliphatic hydroxyl groups excluding tert-OH is 1. The zero-order valence-electron chi connectivity index (χ0n) is 14.0. The summed E-state index contributed by atoms with van der Waals surface area (Å²) in [5.41, 5.74) is 0. The summed E-state index contributed by atoms with van der Waals surface area (Å²) in [6.07, 6.45) is 3.49. The molecule has 1 aliphatic heterocycles. The molecule has 24 heavy (non-hydrogen) atoms. The van der Waals surface area contributed by atoms with Gasteiger partial charge in [-0.2, -0.15) is 0 Å². The topological polar surface area (TPSA) is 53.0 Å². The Labute approximate surface area is 142 Å². The monoisotopic (exact) mass is 336 g/mol. The first-order valence-corrected chi connectivity index (χ1v) is 8.61. The number of benzene rings is 1. The van der Waals surface area contributed by atoms with Gasteiger partial charge in [-0.25, -0.2) is 4.39 Å². The first-order chi connectivity index (χ1) is 11.5. The van der Waals surface area contributed by atoms with E-state index in [1.54, 1.807) is 17.0 Å². The van der Waals surface area contributed by atoms with Crippen molar-refractivity contribution in [2.45, 2.75) is 43.9 Å². The third-order valence-electron chi connectivity index (χ3n) is 5.01. The summed E-state index contributed by atoms with van der Waals surface area (Å²) in [6.45, 7) is 0.955. The second-order valence-corrected chi connectivity index (χ2v) is 6.83. The maximum absolute atomic E-state index is 13.2. The van der Waals surface area contributed by atoms with Gasteiger partial charge in [-0.1, -0.05) is 18.9 Å². The smallest absolute Gasteiger partial charge is 0.236 e. The average Bonchev–Trinajstić information content (AvgIpc) is 3.18. The van der Waals surface area contributed by atoms with E-state index in [0.29, 0.717) is 24.9 Å². The molecule has 2 atom stereocenters. The van der Waals surface area contributed by atoms with Crippen molar-refractivity contribution < 1.29 is 19.0 Å². The number of β-amino-alcohol motifs (C(OH)–C–C–N with tert-alkyl or cyclic N) is 1. The molecule has 0 spiro atoms. The molecule has 1 heterocycles. The van der Waals surface area contributed by atoms with Crippen LogP contribution in [0.2, 0.25) is 0 Å². The molecule has 2 fully saturated rings. The van der Waals surface area contributed by atoms with Crippen molar-refractivity contribution in [1.82, 2.24) is 9.80 Å². The van der Waals surface area contributed by atoms with Gasteiger partial charge in [-0.15, -0.1) is 0 Å². The Bertz CT molecular complexity index is 577. The number of carbonyl (C=O) groups is 1. The molecule has 1 aromatic rings. The summed E-state index contributed by atoms with van der Waals surface area (Å²) in [7, 11) is 1.99. The fraction of sp³-hybridized carbons (Fsp3) is 0.611. The van der Waals surface area contributed by atoms with Crippen LogP contribution in [0.1, 0.15) is 25.7 Å². The van der Waals surface area contributed by atoms with Crippen LogP contribution in [0, 0.1) is 5.82 Å². The van der Waals surface area contributed by atoms with Crippen LogP contribution in [-0.4, -0.2) is 65.7 Å². The fourth-order valence-corrected chi connectivity index (χ4v) is 3.58. The first-order valence-electron chi connectivity index (χ1n) is 8.61. The van der Waals surface area contributed by atoms with Gasteiger partial charge in [0.15, 0.2) is 0 Å². The first kappa shape index (κ1) is 17.2. The van der Waals surface area contributed by atoms with Crippen molar-refractivity contribution in [2.75, 3.05) is 26.7 Å². The SMILES string of the molecule is CN(CC(=O)N1C[C@@H](O)[C@H](Oc2cccc(F)c2)C1)C1CCCC1. The van der Waals surface area contributed by atoms with Crippen molar-refractivity contribution in [3.8, 4) is 5.75 Å². The predicted octanol–water partition coefficient (Wildman–Crippen LogP) is 1.65. The number of carbonyl (C=O) groups excluding carboxylic acids is 1. The van der Waals surface area contributed by atoms with Crippen molar-refractivity contribution in [3.05, 3.63) is 30.1 Å². The molecule has 3 rings (SSSR count). The number of hydrogen-bond acceptors (Lipinski definition) is 4. The lowest BCUT2D eigenvalue weighted by Crippen LogP contribution is -2.41. The molecule has 132 valence electrons. The van der Waals surface area contributed by atoms with Gasteiger partial charge in [0.1, 0.15) is 23.8 Å². The molecule has 1 aromatic carbocycles. The molecule has 0 aromatic heterocycles. The molecular weight excluding hydrogens is 311 g/mol. The van der Waals surface area contributed by atoms with E-state index < -0.39 is 12.2 Å². The van der Waals surface area contributed by atoms with Crippen molar-refractivity contribution in [3.63, 3.8) is 0 Å². The van der Waals surface area contributed by atoms with Gasteiger partial charge in [0.25, 0.3) is 0 Å². The van der Waals surface area contributed by atoms with Crippen LogP contribution in [0.5, 0.6) is 5.75 Å². The quantitative estimate of drug-likeness (QED) is 0.888. The Hall–Kier alpha value is -1.66. The zero-order chi connectivity index (χ0) is 17.1. The highest BCUT2D eigenvalue weighted by molar-refractivity contribution is 5.78. The van der Waals surface area contributed by atoms with Crippen LogP contribution in [0.3, 0.4) is 0 Å². The lowest BCUT2D eigenvalue weighted by atomic mass is 10.2. The Kier molecular flexibility index (Phi) is 5.36. The summed E-state index contributed by atoms with van der Waals surface area (Å²) in [5, 5.41) is 10.2. The predicted molar refractivity (Wildman–Crippen MR) is 88.3 cm³/mol. The molecule has 0 unspecified atom stereocenters. The van der Waals surface area contributed by atoms with Gasteiger partial charge in [-0.3, -0.25) is 9.69 Å². The van der Waals surface area contributed by atoms with Gasteiger partial charge in [0.05, 0.1) is 19.6 Å². The number of halogens is 1. The molecule has 1 N–H and O–H groups in total. The molecule has 0 bridgehead atoms. The van der Waals surface area contributed by atoms with E-state index in [-0.39, 0.29) is 18.3 Å². The van der Waals surface area contributed by atoms with E-state index in [4.69, 9.17) is 4.74 Å². The number of rotatable bonds is 5. The maximum atomic E-state index is 13.2. The molecule has 0 radical (unpaired) electrons. The number of likely N-dealkylation sites (N-methyl/N-ethyl adjacent to an activating group) is 1. The van der Waals surface area contributed by atoms with E-state index in [9.17, 15) is 14.3 Å². The number of hydrogen-bond donors (Lipinski definition) is 1. The minimum atomic E-state index is -0.756. The minimum Gasteiger partial charge on any atom is -0.486 e. The summed E-state index contributed by atoms with van der Waals surface area (Å²) in [5.74, 6) is -0.00341. The van der Waals surface area contributed by atoms with Gasteiger partial charge < -0.3 is 14.7 Å².